The van der Waals surface area contributed by atoms with Crippen LogP contribution in [0.15, 0.2) is 12.1 Å². The maximum atomic E-state index is 13.4. The molecule has 0 aliphatic carbocycles. The second-order valence-electron chi connectivity index (χ2n) is 5.14. The molecule has 6 heteroatoms. The Morgan fingerprint density at radius 2 is 1.95 bits per heavy atom. The maximum absolute atomic E-state index is 13.4. The van der Waals surface area contributed by atoms with E-state index in [1.54, 1.807) is 0 Å². The van der Waals surface area contributed by atoms with Crippen molar-refractivity contribution >= 4 is 11.4 Å². The molecule has 0 radical (unpaired) electrons. The molecule has 3 N–H and O–H groups in total. The Bertz CT molecular complexity index is 441. The van der Waals surface area contributed by atoms with Crippen molar-refractivity contribution in [1.29, 1.82) is 0 Å². The summed E-state index contributed by atoms with van der Waals surface area (Å²) in [6.07, 6.45) is 5.52. The molecule has 0 amide bonds. The predicted octanol–water partition coefficient (Wildman–Crippen LogP) is 4.78. The third kappa shape index (κ3) is 6.14. The van der Waals surface area contributed by atoms with Gasteiger partial charge in [-0.15, -0.1) is 0 Å². The second-order valence-corrected chi connectivity index (χ2v) is 5.14. The number of alkyl halides is 2. The SMILES string of the molecule is CCCCCCC(C)Nc1cc(OC(F)F)c(F)cc1N. The van der Waals surface area contributed by atoms with Gasteiger partial charge in [0.25, 0.3) is 0 Å². The van der Waals surface area contributed by atoms with Gasteiger partial charge in [0.05, 0.1) is 11.4 Å². The molecule has 0 aliphatic heterocycles. The summed E-state index contributed by atoms with van der Waals surface area (Å²) in [5, 5.41) is 3.11. The van der Waals surface area contributed by atoms with Gasteiger partial charge < -0.3 is 15.8 Å². The lowest BCUT2D eigenvalue weighted by Gasteiger charge is -2.18. The lowest BCUT2D eigenvalue weighted by molar-refractivity contribution is -0.0521. The zero-order chi connectivity index (χ0) is 15.8. The van der Waals surface area contributed by atoms with Crippen LogP contribution >= 0.6 is 0 Å². The average Bonchev–Trinajstić information content (AvgIpc) is 2.40. The van der Waals surface area contributed by atoms with Gasteiger partial charge in [-0.25, -0.2) is 4.39 Å². The van der Waals surface area contributed by atoms with Gasteiger partial charge >= 0.3 is 6.61 Å². The van der Waals surface area contributed by atoms with Crippen molar-refractivity contribution in [2.24, 2.45) is 0 Å². The van der Waals surface area contributed by atoms with Crippen LogP contribution in [0.5, 0.6) is 5.75 Å². The number of unbranched alkanes of at least 4 members (excludes halogenated alkanes) is 3. The van der Waals surface area contributed by atoms with E-state index in [0.29, 0.717) is 5.69 Å². The summed E-state index contributed by atoms with van der Waals surface area (Å²) < 4.78 is 42.0. The molecule has 21 heavy (non-hydrogen) atoms. The summed E-state index contributed by atoms with van der Waals surface area (Å²) in [4.78, 5) is 0. The van der Waals surface area contributed by atoms with E-state index in [-0.39, 0.29) is 11.7 Å². The van der Waals surface area contributed by atoms with Crippen molar-refractivity contribution in [1.82, 2.24) is 0 Å². The van der Waals surface area contributed by atoms with Gasteiger partial charge in [-0.1, -0.05) is 32.6 Å². The molecule has 0 bridgehead atoms. The molecule has 0 spiro atoms. The summed E-state index contributed by atoms with van der Waals surface area (Å²) in [5.41, 5.74) is 6.29. The van der Waals surface area contributed by atoms with Crippen LogP contribution in [0.2, 0.25) is 0 Å². The summed E-state index contributed by atoms with van der Waals surface area (Å²) in [7, 11) is 0. The summed E-state index contributed by atoms with van der Waals surface area (Å²) >= 11 is 0. The second kappa shape index (κ2) is 8.64. The minimum absolute atomic E-state index is 0.119. The summed E-state index contributed by atoms with van der Waals surface area (Å²) in [5.74, 6) is -1.39. The van der Waals surface area contributed by atoms with Gasteiger partial charge in [-0.05, 0) is 13.3 Å². The maximum Gasteiger partial charge on any atom is 0.387 e. The number of anilines is 2. The van der Waals surface area contributed by atoms with Crippen molar-refractivity contribution in [2.45, 2.75) is 58.6 Å². The molecule has 1 aromatic rings. The Labute approximate surface area is 123 Å². The van der Waals surface area contributed by atoms with E-state index in [1.807, 2.05) is 6.92 Å². The molecular weight excluding hydrogens is 281 g/mol. The zero-order valence-corrected chi connectivity index (χ0v) is 12.5. The van der Waals surface area contributed by atoms with E-state index < -0.39 is 18.2 Å². The largest absolute Gasteiger partial charge is 0.432 e. The molecule has 120 valence electrons. The summed E-state index contributed by atoms with van der Waals surface area (Å²) in [6, 6.07) is 2.29. The fourth-order valence-electron chi connectivity index (χ4n) is 2.09. The first-order chi connectivity index (χ1) is 9.93. The number of rotatable bonds is 9. The third-order valence-electron chi connectivity index (χ3n) is 3.21. The lowest BCUT2D eigenvalue weighted by Crippen LogP contribution is -2.16. The van der Waals surface area contributed by atoms with Crippen LogP contribution in [0.4, 0.5) is 24.5 Å². The van der Waals surface area contributed by atoms with Crippen LogP contribution in [-0.2, 0) is 0 Å². The first-order valence-corrected chi connectivity index (χ1v) is 7.24. The summed E-state index contributed by atoms with van der Waals surface area (Å²) in [6.45, 7) is 1.05. The molecule has 1 aromatic carbocycles. The molecule has 3 nitrogen and oxygen atoms in total. The molecule has 0 aromatic heterocycles. The molecule has 0 aliphatic rings. The van der Waals surface area contributed by atoms with Crippen LogP contribution in [-0.4, -0.2) is 12.7 Å². The highest BCUT2D eigenvalue weighted by molar-refractivity contribution is 5.68. The van der Waals surface area contributed by atoms with Crippen molar-refractivity contribution in [2.75, 3.05) is 11.1 Å². The van der Waals surface area contributed by atoms with Gasteiger partial charge in [0.2, 0.25) is 0 Å². The number of benzene rings is 1. The molecule has 1 atom stereocenters. The average molecular weight is 304 g/mol. The fraction of sp³-hybridized carbons (Fsp3) is 0.600. The standard InChI is InChI=1S/C15H23F3N2O/c1-3-4-5-6-7-10(2)20-13-9-14(21-15(17)18)11(16)8-12(13)19/h8-10,15,20H,3-7,19H2,1-2H3. The predicted molar refractivity (Wildman–Crippen MR) is 79.3 cm³/mol. The van der Waals surface area contributed by atoms with E-state index in [2.05, 4.69) is 17.0 Å². The molecular formula is C15H23F3N2O. The monoisotopic (exact) mass is 304 g/mol. The van der Waals surface area contributed by atoms with E-state index in [1.165, 1.54) is 18.9 Å². The number of nitrogens with two attached hydrogens (primary N) is 1. The number of halogens is 3. The number of ether oxygens (including phenoxy) is 1. The highest BCUT2D eigenvalue weighted by Crippen LogP contribution is 2.30. The Kier molecular flexibility index (Phi) is 7.19. The topological polar surface area (TPSA) is 47.3 Å². The Morgan fingerprint density at radius 1 is 1.24 bits per heavy atom. The molecule has 0 fully saturated rings. The smallest absolute Gasteiger partial charge is 0.387 e. The van der Waals surface area contributed by atoms with E-state index in [4.69, 9.17) is 5.73 Å². The Hall–Kier alpha value is -1.59. The van der Waals surface area contributed by atoms with Gasteiger partial charge in [-0.2, -0.15) is 8.78 Å². The van der Waals surface area contributed by atoms with Gasteiger partial charge in [-0.3, -0.25) is 0 Å². The van der Waals surface area contributed by atoms with Crippen LogP contribution in [0, 0.1) is 5.82 Å². The molecule has 1 rings (SSSR count). The van der Waals surface area contributed by atoms with Gasteiger partial charge in [0.1, 0.15) is 0 Å². The van der Waals surface area contributed by atoms with Crippen molar-refractivity contribution in [3.8, 4) is 5.75 Å². The highest BCUT2D eigenvalue weighted by Gasteiger charge is 2.14. The minimum Gasteiger partial charge on any atom is -0.432 e. The zero-order valence-electron chi connectivity index (χ0n) is 12.5. The van der Waals surface area contributed by atoms with Crippen LogP contribution in [0.25, 0.3) is 0 Å². The van der Waals surface area contributed by atoms with Crippen molar-refractivity contribution in [3.63, 3.8) is 0 Å². The van der Waals surface area contributed by atoms with Crippen molar-refractivity contribution in [3.05, 3.63) is 17.9 Å². The quantitative estimate of drug-likeness (QED) is 0.510. The van der Waals surface area contributed by atoms with Crippen LogP contribution in [0.1, 0.15) is 46.0 Å². The van der Waals surface area contributed by atoms with E-state index in [9.17, 15) is 13.2 Å². The fourth-order valence-corrected chi connectivity index (χ4v) is 2.09. The van der Waals surface area contributed by atoms with E-state index >= 15 is 0 Å². The number of nitrogens with one attached hydrogen (secondary N) is 1. The minimum atomic E-state index is -3.07. The first kappa shape index (κ1) is 17.5. The van der Waals surface area contributed by atoms with Crippen molar-refractivity contribution < 1.29 is 17.9 Å². The first-order valence-electron chi connectivity index (χ1n) is 7.24. The normalized spacial score (nSPS) is 12.5. The number of hydrogen-bond acceptors (Lipinski definition) is 3. The Morgan fingerprint density at radius 3 is 2.57 bits per heavy atom. The van der Waals surface area contributed by atoms with E-state index in [0.717, 1.165) is 25.3 Å². The van der Waals surface area contributed by atoms with Crippen LogP contribution in [0.3, 0.4) is 0 Å². The third-order valence-corrected chi connectivity index (χ3v) is 3.21. The van der Waals surface area contributed by atoms with Gasteiger partial charge in [0.15, 0.2) is 11.6 Å². The molecule has 1 unspecified atom stereocenters. The Balaban J connectivity index is 2.64. The number of nitrogen functional groups attached to an aromatic ring is 1. The number of hydrogen-bond donors (Lipinski definition) is 2. The highest BCUT2D eigenvalue weighted by atomic mass is 19.3. The lowest BCUT2D eigenvalue weighted by atomic mass is 10.1. The van der Waals surface area contributed by atoms with Gasteiger partial charge in [0, 0.05) is 18.2 Å². The molecule has 0 heterocycles. The van der Waals surface area contributed by atoms with Crippen LogP contribution < -0.4 is 15.8 Å². The molecule has 0 saturated heterocycles. The molecule has 0 saturated carbocycles.